The van der Waals surface area contributed by atoms with E-state index in [4.69, 9.17) is 9.47 Å². The Bertz CT molecular complexity index is 795. The summed E-state index contributed by atoms with van der Waals surface area (Å²) in [5.74, 6) is 0.744. The van der Waals surface area contributed by atoms with Crippen molar-refractivity contribution >= 4 is 17.6 Å². The van der Waals surface area contributed by atoms with Gasteiger partial charge >= 0.3 is 0 Å². The van der Waals surface area contributed by atoms with Crippen LogP contribution in [0.2, 0.25) is 0 Å². The topological polar surface area (TPSA) is 84.2 Å². The number of amides is 1. The molecule has 0 saturated heterocycles. The molecular weight excluding hydrogens is 318 g/mol. The molecule has 0 unspecified atom stereocenters. The van der Waals surface area contributed by atoms with Crippen LogP contribution in [0.1, 0.15) is 18.2 Å². The molecule has 6 nitrogen and oxygen atoms in total. The fourth-order valence-electron chi connectivity index (χ4n) is 2.14. The van der Waals surface area contributed by atoms with Gasteiger partial charge in [0.15, 0.2) is 18.1 Å². The standard InChI is InChI=1S/C19H19N3O3/c1-3-21-19(23)13-25-17-8-7-14(11-18(17)24-2)10-15(12-20)16-6-4-5-9-22-16/h4-11H,3,13H2,1-2H3,(H,21,23)/b15-10+. The summed E-state index contributed by atoms with van der Waals surface area (Å²) >= 11 is 0. The molecule has 0 atom stereocenters. The highest BCUT2D eigenvalue weighted by atomic mass is 16.5. The highest BCUT2D eigenvalue weighted by Crippen LogP contribution is 2.29. The molecule has 25 heavy (non-hydrogen) atoms. The Morgan fingerprint density at radius 1 is 1.32 bits per heavy atom. The highest BCUT2D eigenvalue weighted by molar-refractivity contribution is 5.88. The second kappa shape index (κ2) is 9.08. The first kappa shape index (κ1) is 18.0. The molecule has 6 heteroatoms. The number of carbonyl (C=O) groups is 1. The van der Waals surface area contributed by atoms with Gasteiger partial charge in [0.05, 0.1) is 18.4 Å². The molecule has 0 bridgehead atoms. The number of rotatable bonds is 7. The SMILES string of the molecule is CCNC(=O)COc1ccc(/C=C(\C#N)c2ccccn2)cc1OC. The van der Waals surface area contributed by atoms with Crippen LogP contribution in [0.4, 0.5) is 0 Å². The third-order valence-corrected chi connectivity index (χ3v) is 3.29. The molecule has 0 spiro atoms. The molecule has 0 aliphatic carbocycles. The monoisotopic (exact) mass is 337 g/mol. The number of nitrogens with one attached hydrogen (secondary N) is 1. The van der Waals surface area contributed by atoms with Crippen molar-refractivity contribution in [2.75, 3.05) is 20.3 Å². The molecule has 1 aromatic carbocycles. The minimum absolute atomic E-state index is 0.0865. The number of nitrogens with zero attached hydrogens (tertiary/aromatic N) is 2. The first-order valence-electron chi connectivity index (χ1n) is 7.78. The maximum atomic E-state index is 11.5. The number of ether oxygens (including phenoxy) is 2. The number of methoxy groups -OCH3 is 1. The highest BCUT2D eigenvalue weighted by Gasteiger charge is 2.09. The number of pyridine rings is 1. The first-order chi connectivity index (χ1) is 12.2. The van der Waals surface area contributed by atoms with Crippen molar-refractivity contribution in [2.45, 2.75) is 6.92 Å². The van der Waals surface area contributed by atoms with E-state index in [0.717, 1.165) is 5.56 Å². The molecule has 2 rings (SSSR count). The molecule has 0 aliphatic rings. The molecule has 128 valence electrons. The Morgan fingerprint density at radius 2 is 2.16 bits per heavy atom. The Labute approximate surface area is 146 Å². The molecular formula is C19H19N3O3. The zero-order chi connectivity index (χ0) is 18.1. The summed E-state index contributed by atoms with van der Waals surface area (Å²) in [6, 6.07) is 12.8. The molecule has 0 aliphatic heterocycles. The number of nitriles is 1. The van der Waals surface area contributed by atoms with Crippen molar-refractivity contribution in [2.24, 2.45) is 0 Å². The van der Waals surface area contributed by atoms with Crippen LogP contribution in [0.25, 0.3) is 11.6 Å². The molecule has 1 aromatic heterocycles. The maximum absolute atomic E-state index is 11.5. The van der Waals surface area contributed by atoms with Crippen molar-refractivity contribution < 1.29 is 14.3 Å². The van der Waals surface area contributed by atoms with Gasteiger partial charge in [-0.05, 0) is 42.8 Å². The van der Waals surface area contributed by atoms with Crippen LogP contribution in [0, 0.1) is 11.3 Å². The van der Waals surface area contributed by atoms with Gasteiger partial charge < -0.3 is 14.8 Å². The lowest BCUT2D eigenvalue weighted by Gasteiger charge is -2.11. The summed E-state index contributed by atoms with van der Waals surface area (Å²) in [6.45, 7) is 2.30. The third kappa shape index (κ3) is 5.08. The predicted octanol–water partition coefficient (Wildman–Crippen LogP) is 2.67. The third-order valence-electron chi connectivity index (χ3n) is 3.29. The summed E-state index contributed by atoms with van der Waals surface area (Å²) in [7, 11) is 1.52. The molecule has 0 saturated carbocycles. The van der Waals surface area contributed by atoms with Gasteiger partial charge in [-0.25, -0.2) is 0 Å². The maximum Gasteiger partial charge on any atom is 0.257 e. The summed E-state index contributed by atoms with van der Waals surface area (Å²) in [5, 5.41) is 12.0. The van der Waals surface area contributed by atoms with E-state index >= 15 is 0 Å². The van der Waals surface area contributed by atoms with E-state index in [9.17, 15) is 10.1 Å². The van der Waals surface area contributed by atoms with Crippen LogP contribution in [0.5, 0.6) is 11.5 Å². The molecule has 0 radical (unpaired) electrons. The van der Waals surface area contributed by atoms with E-state index in [1.54, 1.807) is 42.6 Å². The fraction of sp³-hybridized carbons (Fsp3) is 0.211. The second-order valence-corrected chi connectivity index (χ2v) is 5.04. The number of benzene rings is 1. The predicted molar refractivity (Wildman–Crippen MR) is 94.9 cm³/mol. The summed E-state index contributed by atoms with van der Waals surface area (Å²) in [4.78, 5) is 15.7. The Morgan fingerprint density at radius 3 is 2.80 bits per heavy atom. The van der Waals surface area contributed by atoms with E-state index in [-0.39, 0.29) is 12.5 Å². The van der Waals surface area contributed by atoms with Crippen molar-refractivity contribution in [3.8, 4) is 17.6 Å². The summed E-state index contributed by atoms with van der Waals surface area (Å²) in [5.41, 5.74) is 1.81. The average Bonchev–Trinajstić information content (AvgIpc) is 2.65. The van der Waals surface area contributed by atoms with Gasteiger partial charge in [0.1, 0.15) is 6.07 Å². The van der Waals surface area contributed by atoms with Gasteiger partial charge in [0, 0.05) is 12.7 Å². The number of aromatic nitrogens is 1. The Hall–Kier alpha value is -3.33. The van der Waals surface area contributed by atoms with Gasteiger partial charge in [0.25, 0.3) is 5.91 Å². The van der Waals surface area contributed by atoms with Crippen LogP contribution >= 0.6 is 0 Å². The first-order valence-corrected chi connectivity index (χ1v) is 7.78. The van der Waals surface area contributed by atoms with Crippen LogP contribution in [0.3, 0.4) is 0 Å². The van der Waals surface area contributed by atoms with Gasteiger partial charge in [0.2, 0.25) is 0 Å². The number of allylic oxidation sites excluding steroid dienone is 1. The van der Waals surface area contributed by atoms with Gasteiger partial charge in [-0.15, -0.1) is 0 Å². The number of hydrogen-bond donors (Lipinski definition) is 1. The van der Waals surface area contributed by atoms with E-state index in [1.807, 2.05) is 13.0 Å². The summed E-state index contributed by atoms with van der Waals surface area (Å²) < 4.78 is 10.8. The van der Waals surface area contributed by atoms with Crippen LogP contribution in [-0.4, -0.2) is 31.2 Å². The van der Waals surface area contributed by atoms with E-state index in [1.165, 1.54) is 7.11 Å². The van der Waals surface area contributed by atoms with Crippen molar-refractivity contribution in [1.82, 2.24) is 10.3 Å². The van der Waals surface area contributed by atoms with Gasteiger partial charge in [-0.1, -0.05) is 12.1 Å². The van der Waals surface area contributed by atoms with Crippen molar-refractivity contribution in [3.05, 3.63) is 53.9 Å². The Kier molecular flexibility index (Phi) is 6.55. The number of hydrogen-bond acceptors (Lipinski definition) is 5. The van der Waals surface area contributed by atoms with Crippen molar-refractivity contribution in [3.63, 3.8) is 0 Å². The van der Waals surface area contributed by atoms with E-state index in [0.29, 0.717) is 29.3 Å². The lowest BCUT2D eigenvalue weighted by Crippen LogP contribution is -2.28. The van der Waals surface area contributed by atoms with Crippen LogP contribution < -0.4 is 14.8 Å². The average molecular weight is 337 g/mol. The van der Waals surface area contributed by atoms with E-state index in [2.05, 4.69) is 16.4 Å². The molecule has 1 amide bonds. The fourth-order valence-corrected chi connectivity index (χ4v) is 2.14. The largest absolute Gasteiger partial charge is 0.493 e. The van der Waals surface area contributed by atoms with Crippen LogP contribution in [-0.2, 0) is 4.79 Å². The number of carbonyl (C=O) groups excluding carboxylic acids is 1. The number of likely N-dealkylation sites (N-methyl/N-ethyl adjacent to an activating group) is 1. The normalized spacial score (nSPS) is 10.7. The molecule has 2 aromatic rings. The zero-order valence-corrected chi connectivity index (χ0v) is 14.2. The van der Waals surface area contributed by atoms with Crippen molar-refractivity contribution in [1.29, 1.82) is 5.26 Å². The quantitative estimate of drug-likeness (QED) is 0.785. The summed E-state index contributed by atoms with van der Waals surface area (Å²) in [6.07, 6.45) is 3.36. The Balaban J connectivity index is 2.22. The minimum Gasteiger partial charge on any atom is -0.493 e. The second-order valence-electron chi connectivity index (χ2n) is 5.04. The molecule has 0 fully saturated rings. The lowest BCUT2D eigenvalue weighted by atomic mass is 10.1. The smallest absolute Gasteiger partial charge is 0.257 e. The lowest BCUT2D eigenvalue weighted by molar-refractivity contribution is -0.123. The van der Waals surface area contributed by atoms with Gasteiger partial charge in [-0.3, -0.25) is 9.78 Å². The molecule has 1 N–H and O–H groups in total. The van der Waals surface area contributed by atoms with Crippen LogP contribution in [0.15, 0.2) is 42.6 Å². The van der Waals surface area contributed by atoms with E-state index < -0.39 is 0 Å². The molecule has 1 heterocycles. The minimum atomic E-state index is -0.199. The van der Waals surface area contributed by atoms with Gasteiger partial charge in [-0.2, -0.15) is 5.26 Å². The zero-order valence-electron chi connectivity index (χ0n) is 14.2.